The van der Waals surface area contributed by atoms with E-state index in [0.29, 0.717) is 12.8 Å². The van der Waals surface area contributed by atoms with Gasteiger partial charge in [-0.05, 0) is 19.7 Å². The lowest BCUT2D eigenvalue weighted by molar-refractivity contribution is -0.144. The SMILES string of the molecule is C[C@H](N)C(=O)N1CC(CCCB(O)O)C(N)(C(=O)O)C1. The number of carboxylic acid groups (broad SMARTS) is 1. The highest BCUT2D eigenvalue weighted by Gasteiger charge is 2.50. The van der Waals surface area contributed by atoms with Gasteiger partial charge in [-0.25, -0.2) is 0 Å². The van der Waals surface area contributed by atoms with Crippen LogP contribution in [-0.4, -0.2) is 63.7 Å². The van der Waals surface area contributed by atoms with Gasteiger partial charge in [-0.1, -0.05) is 6.42 Å². The van der Waals surface area contributed by atoms with Crippen molar-refractivity contribution in [2.45, 2.75) is 37.7 Å². The minimum Gasteiger partial charge on any atom is -0.480 e. The minimum atomic E-state index is -1.51. The van der Waals surface area contributed by atoms with E-state index in [9.17, 15) is 14.7 Å². The monoisotopic (exact) mass is 287 g/mol. The van der Waals surface area contributed by atoms with Crippen LogP contribution >= 0.6 is 0 Å². The summed E-state index contributed by atoms with van der Waals surface area (Å²) >= 11 is 0. The molecule has 0 aromatic rings. The number of carbonyl (C=O) groups excluding carboxylic acids is 1. The molecule has 1 amide bonds. The molecule has 114 valence electrons. The van der Waals surface area contributed by atoms with Crippen molar-refractivity contribution in [1.82, 2.24) is 4.90 Å². The van der Waals surface area contributed by atoms with E-state index in [0.717, 1.165) is 0 Å². The molecule has 1 aliphatic rings. The lowest BCUT2D eigenvalue weighted by atomic mass is 9.78. The van der Waals surface area contributed by atoms with Gasteiger partial charge >= 0.3 is 13.1 Å². The van der Waals surface area contributed by atoms with Crippen molar-refractivity contribution in [2.75, 3.05) is 13.1 Å². The second-order valence-electron chi connectivity index (χ2n) is 5.46. The van der Waals surface area contributed by atoms with Gasteiger partial charge in [-0.3, -0.25) is 9.59 Å². The van der Waals surface area contributed by atoms with Crippen LogP contribution in [0.15, 0.2) is 0 Å². The lowest BCUT2D eigenvalue weighted by Gasteiger charge is -2.25. The summed E-state index contributed by atoms with van der Waals surface area (Å²) in [6.07, 6.45) is 0.978. The predicted molar refractivity (Wildman–Crippen MR) is 72.5 cm³/mol. The summed E-state index contributed by atoms with van der Waals surface area (Å²) in [5.74, 6) is -1.92. The molecule has 9 heteroatoms. The molecule has 0 spiro atoms. The lowest BCUT2D eigenvalue weighted by Crippen LogP contribution is -2.55. The molecule has 8 nitrogen and oxygen atoms in total. The van der Waals surface area contributed by atoms with E-state index < -0.39 is 30.6 Å². The zero-order chi connectivity index (χ0) is 15.5. The number of carbonyl (C=O) groups is 2. The topological polar surface area (TPSA) is 150 Å². The van der Waals surface area contributed by atoms with Gasteiger partial charge < -0.3 is 31.5 Å². The van der Waals surface area contributed by atoms with E-state index in [2.05, 4.69) is 0 Å². The molecule has 1 heterocycles. The number of aliphatic carboxylic acids is 1. The number of hydrogen-bond donors (Lipinski definition) is 5. The first-order valence-corrected chi connectivity index (χ1v) is 6.61. The first kappa shape index (κ1) is 16.9. The van der Waals surface area contributed by atoms with Crippen LogP contribution in [0.4, 0.5) is 0 Å². The van der Waals surface area contributed by atoms with Crippen molar-refractivity contribution in [1.29, 1.82) is 0 Å². The Kier molecular flexibility index (Phi) is 5.52. The number of amides is 1. The maximum Gasteiger partial charge on any atom is 0.451 e. The second-order valence-corrected chi connectivity index (χ2v) is 5.46. The molecular formula is C11H22BN3O5. The largest absolute Gasteiger partial charge is 0.480 e. The van der Waals surface area contributed by atoms with Crippen LogP contribution in [0, 0.1) is 5.92 Å². The van der Waals surface area contributed by atoms with E-state index in [1.807, 2.05) is 0 Å². The van der Waals surface area contributed by atoms with Gasteiger partial charge in [-0.2, -0.15) is 0 Å². The molecule has 1 rings (SSSR count). The van der Waals surface area contributed by atoms with Crippen molar-refractivity contribution < 1.29 is 24.7 Å². The highest BCUT2D eigenvalue weighted by atomic mass is 16.4. The summed E-state index contributed by atoms with van der Waals surface area (Å²) in [4.78, 5) is 24.6. The van der Waals surface area contributed by atoms with Gasteiger partial charge in [0.05, 0.1) is 6.04 Å². The zero-order valence-corrected chi connectivity index (χ0v) is 11.5. The quantitative estimate of drug-likeness (QED) is 0.349. The molecule has 0 aromatic carbocycles. The Labute approximate surface area is 117 Å². The van der Waals surface area contributed by atoms with E-state index in [1.54, 1.807) is 0 Å². The third kappa shape index (κ3) is 3.69. The van der Waals surface area contributed by atoms with Gasteiger partial charge in [0, 0.05) is 19.0 Å². The predicted octanol–water partition coefficient (Wildman–Crippen LogP) is -2.17. The average molecular weight is 287 g/mol. The molecule has 0 bridgehead atoms. The number of rotatable bonds is 6. The summed E-state index contributed by atoms with van der Waals surface area (Å²) in [5.41, 5.74) is 9.94. The fourth-order valence-corrected chi connectivity index (χ4v) is 2.53. The summed E-state index contributed by atoms with van der Waals surface area (Å²) in [7, 11) is -1.42. The Hall–Kier alpha value is -1.16. The summed E-state index contributed by atoms with van der Waals surface area (Å²) < 4.78 is 0. The molecule has 7 N–H and O–H groups in total. The van der Waals surface area contributed by atoms with Crippen LogP contribution in [0.2, 0.25) is 6.32 Å². The van der Waals surface area contributed by atoms with Crippen molar-refractivity contribution >= 4 is 19.0 Å². The van der Waals surface area contributed by atoms with E-state index in [-0.39, 0.29) is 25.3 Å². The Balaban J connectivity index is 2.74. The van der Waals surface area contributed by atoms with Crippen LogP contribution in [0.1, 0.15) is 19.8 Å². The molecule has 3 atom stereocenters. The standard InChI is InChI=1S/C11H22BN3O5/c1-7(13)9(16)15-5-8(3-2-4-12(19)20)11(14,6-15)10(17)18/h7-8,19-20H,2-6,13-14H2,1H3,(H,17,18)/t7-,8?,11?/m0/s1. The molecule has 1 saturated heterocycles. The Bertz CT molecular complexity index is 379. The van der Waals surface area contributed by atoms with E-state index in [1.165, 1.54) is 11.8 Å². The third-order valence-electron chi connectivity index (χ3n) is 3.74. The number of carboxylic acids is 1. The number of nitrogens with zero attached hydrogens (tertiary/aromatic N) is 1. The molecule has 0 radical (unpaired) electrons. The number of hydrogen-bond acceptors (Lipinski definition) is 6. The molecule has 0 aliphatic carbocycles. The van der Waals surface area contributed by atoms with Gasteiger partial charge in [0.1, 0.15) is 5.54 Å². The van der Waals surface area contributed by atoms with Gasteiger partial charge in [0.25, 0.3) is 0 Å². The molecular weight excluding hydrogens is 265 g/mol. The fraction of sp³-hybridized carbons (Fsp3) is 0.818. The van der Waals surface area contributed by atoms with Crippen molar-refractivity contribution in [3.05, 3.63) is 0 Å². The molecule has 20 heavy (non-hydrogen) atoms. The number of nitrogens with two attached hydrogens (primary N) is 2. The first-order chi connectivity index (χ1) is 9.18. The average Bonchev–Trinajstić information content (AvgIpc) is 2.67. The first-order valence-electron chi connectivity index (χ1n) is 6.61. The van der Waals surface area contributed by atoms with Crippen molar-refractivity contribution in [3.63, 3.8) is 0 Å². The van der Waals surface area contributed by atoms with Crippen LogP contribution in [0.3, 0.4) is 0 Å². The van der Waals surface area contributed by atoms with Gasteiger partial charge in [0.2, 0.25) is 5.91 Å². The molecule has 1 aliphatic heterocycles. The maximum absolute atomic E-state index is 11.9. The highest BCUT2D eigenvalue weighted by Crippen LogP contribution is 2.30. The number of likely N-dealkylation sites (tertiary alicyclic amines) is 1. The fourth-order valence-electron chi connectivity index (χ4n) is 2.53. The van der Waals surface area contributed by atoms with Crippen molar-refractivity contribution in [2.24, 2.45) is 17.4 Å². The van der Waals surface area contributed by atoms with Crippen LogP contribution in [-0.2, 0) is 9.59 Å². The Morgan fingerprint density at radius 3 is 2.55 bits per heavy atom. The Morgan fingerprint density at radius 2 is 2.10 bits per heavy atom. The smallest absolute Gasteiger partial charge is 0.451 e. The summed E-state index contributed by atoms with van der Waals surface area (Å²) in [6, 6.07) is -0.703. The summed E-state index contributed by atoms with van der Waals surface area (Å²) in [6.45, 7) is 1.69. The molecule has 0 aromatic heterocycles. The van der Waals surface area contributed by atoms with E-state index >= 15 is 0 Å². The maximum atomic E-state index is 11.9. The van der Waals surface area contributed by atoms with Crippen LogP contribution in [0.5, 0.6) is 0 Å². The van der Waals surface area contributed by atoms with Crippen molar-refractivity contribution in [3.8, 4) is 0 Å². The van der Waals surface area contributed by atoms with Gasteiger partial charge in [0.15, 0.2) is 0 Å². The Morgan fingerprint density at radius 1 is 1.50 bits per heavy atom. The molecule has 1 fully saturated rings. The van der Waals surface area contributed by atoms with E-state index in [4.69, 9.17) is 21.5 Å². The summed E-state index contributed by atoms with van der Waals surface area (Å²) in [5, 5.41) is 26.9. The zero-order valence-electron chi connectivity index (χ0n) is 11.5. The molecule has 2 unspecified atom stereocenters. The van der Waals surface area contributed by atoms with Crippen LogP contribution in [0.25, 0.3) is 0 Å². The van der Waals surface area contributed by atoms with Gasteiger partial charge in [-0.15, -0.1) is 0 Å². The van der Waals surface area contributed by atoms with Crippen LogP contribution < -0.4 is 11.5 Å². The highest BCUT2D eigenvalue weighted by molar-refractivity contribution is 6.40. The second kappa shape index (κ2) is 6.53. The third-order valence-corrected chi connectivity index (χ3v) is 3.74. The molecule has 0 saturated carbocycles. The minimum absolute atomic E-state index is 0.0744. The normalized spacial score (nSPS) is 27.4.